The second-order valence-corrected chi connectivity index (χ2v) is 6.79. The monoisotopic (exact) mass is 315 g/mol. The molecule has 1 aliphatic rings. The molecule has 0 spiro atoms. The molecule has 0 bridgehead atoms. The predicted molar refractivity (Wildman–Crippen MR) is 89.6 cm³/mol. The maximum Gasteiger partial charge on any atom is 0.238 e. The fourth-order valence-corrected chi connectivity index (χ4v) is 3.77. The number of carbonyl (C=O) groups excluding carboxylic acids is 1. The third-order valence-electron chi connectivity index (χ3n) is 3.86. The maximum absolute atomic E-state index is 13.1. The van der Waals surface area contributed by atoms with Crippen LogP contribution in [0.2, 0.25) is 0 Å². The minimum Gasteiger partial charge on any atom is -0.295 e. The van der Waals surface area contributed by atoms with Crippen molar-refractivity contribution in [3.05, 3.63) is 65.5 Å². The largest absolute Gasteiger partial charge is 0.295 e. The van der Waals surface area contributed by atoms with E-state index in [9.17, 15) is 9.18 Å². The highest BCUT2D eigenvalue weighted by atomic mass is 32.2. The zero-order valence-electron chi connectivity index (χ0n) is 12.6. The zero-order chi connectivity index (χ0) is 15.7. The summed E-state index contributed by atoms with van der Waals surface area (Å²) < 4.78 is 13.1. The minimum absolute atomic E-state index is 0.0852. The summed E-state index contributed by atoms with van der Waals surface area (Å²) in [6, 6.07) is 14.5. The van der Waals surface area contributed by atoms with Crippen LogP contribution in [0.5, 0.6) is 0 Å². The number of rotatable bonds is 3. The number of hydrogen-bond acceptors (Lipinski definition) is 2. The maximum atomic E-state index is 13.1. The number of amides is 1. The van der Waals surface area contributed by atoms with Gasteiger partial charge >= 0.3 is 0 Å². The normalized spacial score (nSPS) is 18.3. The van der Waals surface area contributed by atoms with E-state index >= 15 is 0 Å². The van der Waals surface area contributed by atoms with Gasteiger partial charge in [-0.25, -0.2) is 4.39 Å². The van der Waals surface area contributed by atoms with Gasteiger partial charge in [0, 0.05) is 5.69 Å². The Bertz CT molecular complexity index is 666. The lowest BCUT2D eigenvalue weighted by atomic mass is 10.0. The van der Waals surface area contributed by atoms with Crippen molar-refractivity contribution in [3.63, 3.8) is 0 Å². The standard InChI is InChI=1S/C18H18FNOS/c1-12(2)13-5-9-16(10-6-13)20-17(21)11-22-18(20)14-3-7-15(19)8-4-14/h3-10,12,18H,11H2,1-2H3/t18-/m1/s1. The molecule has 0 unspecified atom stereocenters. The smallest absolute Gasteiger partial charge is 0.238 e. The number of hydrogen-bond donors (Lipinski definition) is 0. The van der Waals surface area contributed by atoms with Gasteiger partial charge in [-0.3, -0.25) is 9.69 Å². The number of anilines is 1. The fourth-order valence-electron chi connectivity index (χ4n) is 2.60. The number of nitrogens with zero attached hydrogens (tertiary/aromatic N) is 1. The van der Waals surface area contributed by atoms with Crippen molar-refractivity contribution in [2.45, 2.75) is 25.1 Å². The Morgan fingerprint density at radius 3 is 2.32 bits per heavy atom. The lowest BCUT2D eigenvalue weighted by Crippen LogP contribution is -2.27. The summed E-state index contributed by atoms with van der Waals surface area (Å²) in [5.74, 6) is 0.752. The number of carbonyl (C=O) groups is 1. The van der Waals surface area contributed by atoms with Crippen LogP contribution in [0, 0.1) is 5.82 Å². The van der Waals surface area contributed by atoms with Crippen LogP contribution in [-0.2, 0) is 4.79 Å². The second-order valence-electron chi connectivity index (χ2n) is 5.72. The Balaban J connectivity index is 1.92. The molecule has 1 fully saturated rings. The molecule has 3 rings (SSSR count). The third kappa shape index (κ3) is 2.88. The molecule has 0 saturated carbocycles. The Kier molecular flexibility index (Phi) is 4.21. The van der Waals surface area contributed by atoms with E-state index in [1.165, 1.54) is 17.7 Å². The van der Waals surface area contributed by atoms with E-state index in [1.807, 2.05) is 17.0 Å². The molecule has 0 radical (unpaired) electrons. The van der Waals surface area contributed by atoms with E-state index in [2.05, 4.69) is 26.0 Å². The van der Waals surface area contributed by atoms with Gasteiger partial charge in [0.15, 0.2) is 0 Å². The summed E-state index contributed by atoms with van der Waals surface area (Å²) in [6.45, 7) is 4.29. The van der Waals surface area contributed by atoms with Gasteiger partial charge in [-0.15, -0.1) is 11.8 Å². The quantitative estimate of drug-likeness (QED) is 0.816. The Morgan fingerprint density at radius 1 is 1.09 bits per heavy atom. The van der Waals surface area contributed by atoms with E-state index in [0.717, 1.165) is 11.3 Å². The van der Waals surface area contributed by atoms with Gasteiger partial charge in [0.1, 0.15) is 11.2 Å². The lowest BCUT2D eigenvalue weighted by Gasteiger charge is -2.24. The molecule has 22 heavy (non-hydrogen) atoms. The van der Waals surface area contributed by atoms with Crippen molar-refractivity contribution >= 4 is 23.4 Å². The molecule has 4 heteroatoms. The van der Waals surface area contributed by atoms with Gasteiger partial charge in [-0.2, -0.15) is 0 Å². The van der Waals surface area contributed by atoms with Crippen LogP contribution in [0.1, 0.15) is 36.3 Å². The van der Waals surface area contributed by atoms with Crippen LogP contribution in [-0.4, -0.2) is 11.7 Å². The summed E-state index contributed by atoms with van der Waals surface area (Å²) in [5.41, 5.74) is 3.10. The molecule has 0 N–H and O–H groups in total. The summed E-state index contributed by atoms with van der Waals surface area (Å²) in [5, 5.41) is -0.0852. The van der Waals surface area contributed by atoms with Crippen LogP contribution >= 0.6 is 11.8 Å². The van der Waals surface area contributed by atoms with E-state index in [4.69, 9.17) is 0 Å². The third-order valence-corrected chi connectivity index (χ3v) is 5.07. The number of halogens is 1. The lowest BCUT2D eigenvalue weighted by molar-refractivity contribution is -0.115. The van der Waals surface area contributed by atoms with Crippen LogP contribution in [0.15, 0.2) is 48.5 Å². The minimum atomic E-state index is -0.258. The molecular formula is C18H18FNOS. The highest BCUT2D eigenvalue weighted by Gasteiger charge is 2.33. The highest BCUT2D eigenvalue weighted by molar-refractivity contribution is 8.00. The molecule has 2 aromatic rings. The first kappa shape index (κ1) is 15.1. The summed E-state index contributed by atoms with van der Waals surface area (Å²) >= 11 is 1.58. The van der Waals surface area contributed by atoms with Crippen LogP contribution in [0.4, 0.5) is 10.1 Å². The van der Waals surface area contributed by atoms with E-state index in [0.29, 0.717) is 11.7 Å². The zero-order valence-corrected chi connectivity index (χ0v) is 13.4. The molecule has 1 aliphatic heterocycles. The van der Waals surface area contributed by atoms with Crippen LogP contribution < -0.4 is 4.90 Å². The molecule has 1 heterocycles. The van der Waals surface area contributed by atoms with Gasteiger partial charge in [0.05, 0.1) is 5.75 Å². The Hall–Kier alpha value is -1.81. The first-order valence-corrected chi connectivity index (χ1v) is 8.40. The van der Waals surface area contributed by atoms with Crippen molar-refractivity contribution < 1.29 is 9.18 Å². The Morgan fingerprint density at radius 2 is 1.73 bits per heavy atom. The van der Waals surface area contributed by atoms with Crippen LogP contribution in [0.3, 0.4) is 0 Å². The molecule has 1 amide bonds. The highest BCUT2D eigenvalue weighted by Crippen LogP contribution is 2.41. The summed E-state index contributed by atoms with van der Waals surface area (Å²) in [7, 11) is 0. The van der Waals surface area contributed by atoms with Crippen molar-refractivity contribution in [2.24, 2.45) is 0 Å². The molecule has 2 aromatic carbocycles. The summed E-state index contributed by atoms with van der Waals surface area (Å²) in [4.78, 5) is 14.1. The van der Waals surface area contributed by atoms with Gasteiger partial charge < -0.3 is 0 Å². The molecule has 2 nitrogen and oxygen atoms in total. The van der Waals surface area contributed by atoms with Gasteiger partial charge in [0.25, 0.3) is 0 Å². The number of benzene rings is 2. The van der Waals surface area contributed by atoms with Crippen molar-refractivity contribution in [1.82, 2.24) is 0 Å². The fraction of sp³-hybridized carbons (Fsp3) is 0.278. The van der Waals surface area contributed by atoms with Crippen molar-refractivity contribution in [3.8, 4) is 0 Å². The van der Waals surface area contributed by atoms with Crippen molar-refractivity contribution in [1.29, 1.82) is 0 Å². The van der Waals surface area contributed by atoms with Crippen molar-refractivity contribution in [2.75, 3.05) is 10.7 Å². The Labute approximate surface area is 134 Å². The molecule has 1 atom stereocenters. The average molecular weight is 315 g/mol. The van der Waals surface area contributed by atoms with Gasteiger partial charge in [0.2, 0.25) is 5.91 Å². The first-order chi connectivity index (χ1) is 10.6. The SMILES string of the molecule is CC(C)c1ccc(N2C(=O)CS[C@@H]2c2ccc(F)cc2)cc1. The molecule has 0 aliphatic carbocycles. The first-order valence-electron chi connectivity index (χ1n) is 7.35. The van der Waals surface area contributed by atoms with Gasteiger partial charge in [-0.1, -0.05) is 38.1 Å². The van der Waals surface area contributed by atoms with E-state index < -0.39 is 0 Å². The summed E-state index contributed by atoms with van der Waals surface area (Å²) in [6.07, 6.45) is 0. The molecule has 114 valence electrons. The average Bonchev–Trinajstić information content (AvgIpc) is 2.90. The topological polar surface area (TPSA) is 20.3 Å². The molecular weight excluding hydrogens is 297 g/mol. The number of thioether (sulfide) groups is 1. The van der Waals surface area contributed by atoms with E-state index in [-0.39, 0.29) is 17.1 Å². The van der Waals surface area contributed by atoms with Gasteiger partial charge in [-0.05, 0) is 41.3 Å². The van der Waals surface area contributed by atoms with E-state index in [1.54, 1.807) is 23.9 Å². The second kappa shape index (κ2) is 6.13. The molecule has 0 aromatic heterocycles. The molecule has 1 saturated heterocycles. The predicted octanol–water partition coefficient (Wildman–Crippen LogP) is 4.73. The van der Waals surface area contributed by atoms with Crippen LogP contribution in [0.25, 0.3) is 0 Å².